The summed E-state index contributed by atoms with van der Waals surface area (Å²) in [6, 6.07) is 9.98. The molecule has 0 unspecified atom stereocenters. The monoisotopic (exact) mass is 245 g/mol. The van der Waals surface area contributed by atoms with Crippen molar-refractivity contribution in [2.24, 2.45) is 10.1 Å². The number of rotatable bonds is 1. The quantitative estimate of drug-likeness (QED) is 0.839. The number of nitrogens with zero attached hydrogens (tertiary/aromatic N) is 2. The van der Waals surface area contributed by atoms with Crippen LogP contribution in [0, 0.1) is 0 Å². The van der Waals surface area contributed by atoms with Gasteiger partial charge in [-0.2, -0.15) is 5.10 Å². The van der Waals surface area contributed by atoms with Gasteiger partial charge in [-0.05, 0) is 12.1 Å². The van der Waals surface area contributed by atoms with Gasteiger partial charge in [0.05, 0.1) is 0 Å². The molecule has 0 radical (unpaired) electrons. The zero-order valence-electron chi connectivity index (χ0n) is 9.30. The molecule has 2 aromatic rings. The molecule has 0 bridgehead atoms. The van der Waals surface area contributed by atoms with E-state index in [-0.39, 0.29) is 0 Å². The highest BCUT2D eigenvalue weighted by Crippen LogP contribution is 2.21. The van der Waals surface area contributed by atoms with Crippen molar-refractivity contribution in [1.29, 1.82) is 0 Å². The van der Waals surface area contributed by atoms with E-state index in [1.165, 1.54) is 0 Å². The summed E-state index contributed by atoms with van der Waals surface area (Å²) >= 11 is 1.62. The van der Waals surface area contributed by atoms with Crippen LogP contribution in [0.2, 0.25) is 0 Å². The number of hydrogen-bond donors (Lipinski definition) is 1. The van der Waals surface area contributed by atoms with Gasteiger partial charge in [0, 0.05) is 18.2 Å². The van der Waals surface area contributed by atoms with E-state index in [0.29, 0.717) is 0 Å². The van der Waals surface area contributed by atoms with Crippen LogP contribution < -0.4 is 5.43 Å². The van der Waals surface area contributed by atoms with Gasteiger partial charge in [0.15, 0.2) is 10.9 Å². The topological polar surface area (TPSA) is 49.9 Å². The number of thioether (sulfide) groups is 1. The number of hydrazone groups is 1. The van der Waals surface area contributed by atoms with Crippen molar-refractivity contribution in [3.8, 4) is 0 Å². The predicted molar refractivity (Wildman–Crippen MR) is 71.7 cm³/mol. The smallest absolute Gasteiger partial charge is 0.177 e. The van der Waals surface area contributed by atoms with Gasteiger partial charge in [0.25, 0.3) is 0 Å². The lowest BCUT2D eigenvalue weighted by Crippen LogP contribution is -2.24. The fourth-order valence-corrected chi connectivity index (χ4v) is 2.40. The third-order valence-corrected chi connectivity index (χ3v) is 3.51. The third kappa shape index (κ3) is 1.93. The van der Waals surface area contributed by atoms with Crippen LogP contribution >= 0.6 is 11.8 Å². The summed E-state index contributed by atoms with van der Waals surface area (Å²) in [5.41, 5.74) is 4.71. The van der Waals surface area contributed by atoms with E-state index < -0.39 is 0 Å². The summed E-state index contributed by atoms with van der Waals surface area (Å²) in [7, 11) is 1.75. The van der Waals surface area contributed by atoms with Crippen LogP contribution in [-0.2, 0) is 0 Å². The van der Waals surface area contributed by atoms with Crippen LogP contribution in [0.25, 0.3) is 11.0 Å². The van der Waals surface area contributed by atoms with Crippen molar-refractivity contribution < 1.29 is 4.42 Å². The van der Waals surface area contributed by atoms with Crippen molar-refractivity contribution in [1.82, 2.24) is 5.43 Å². The van der Waals surface area contributed by atoms with Gasteiger partial charge in [0.1, 0.15) is 11.3 Å². The van der Waals surface area contributed by atoms with E-state index >= 15 is 0 Å². The summed E-state index contributed by atoms with van der Waals surface area (Å²) in [6.07, 6.45) is 0. The molecule has 0 amide bonds. The Labute approximate surface area is 103 Å². The highest BCUT2D eigenvalue weighted by molar-refractivity contribution is 8.14. The van der Waals surface area contributed by atoms with E-state index in [1.807, 2.05) is 30.3 Å². The Hall–Kier alpha value is -1.75. The normalized spacial score (nSPS) is 18.2. The molecule has 1 aromatic carbocycles. The first-order valence-electron chi connectivity index (χ1n) is 5.28. The highest BCUT2D eigenvalue weighted by Gasteiger charge is 2.15. The Balaban J connectivity index is 1.97. The molecule has 1 aliphatic rings. The second-order valence-corrected chi connectivity index (χ2v) is 4.60. The fraction of sp³-hybridized carbons (Fsp3) is 0.167. The van der Waals surface area contributed by atoms with Crippen LogP contribution in [-0.4, -0.2) is 23.7 Å². The molecule has 0 atom stereocenters. The average Bonchev–Trinajstić information content (AvgIpc) is 2.82. The maximum atomic E-state index is 5.75. The third-order valence-electron chi connectivity index (χ3n) is 2.55. The number of benzene rings is 1. The lowest BCUT2D eigenvalue weighted by Gasteiger charge is -2.11. The molecule has 0 spiro atoms. The molecule has 3 rings (SSSR count). The van der Waals surface area contributed by atoms with Crippen LogP contribution in [0.15, 0.2) is 44.8 Å². The van der Waals surface area contributed by atoms with Crippen molar-refractivity contribution in [2.45, 2.75) is 0 Å². The minimum Gasteiger partial charge on any atom is -0.455 e. The van der Waals surface area contributed by atoms with E-state index in [0.717, 1.165) is 33.4 Å². The minimum atomic E-state index is 0.777. The van der Waals surface area contributed by atoms with E-state index in [1.54, 1.807) is 18.8 Å². The van der Waals surface area contributed by atoms with E-state index in [9.17, 15) is 0 Å². The molecule has 4 nitrogen and oxygen atoms in total. The molecule has 0 saturated carbocycles. The molecular formula is C12H11N3OS. The van der Waals surface area contributed by atoms with E-state index in [2.05, 4.69) is 15.5 Å². The van der Waals surface area contributed by atoms with Crippen molar-refractivity contribution in [2.75, 3.05) is 12.8 Å². The van der Waals surface area contributed by atoms with Gasteiger partial charge in [-0.3, -0.25) is 10.4 Å². The second kappa shape index (κ2) is 4.25. The maximum Gasteiger partial charge on any atom is 0.177 e. The summed E-state index contributed by atoms with van der Waals surface area (Å²) in [4.78, 5) is 4.05. The molecule has 0 aliphatic carbocycles. The molecule has 0 saturated heterocycles. The molecule has 1 N–H and O–H groups in total. The number of para-hydroxylation sites is 1. The highest BCUT2D eigenvalue weighted by atomic mass is 32.2. The molecule has 1 aliphatic heterocycles. The summed E-state index contributed by atoms with van der Waals surface area (Å²) in [5, 5.41) is 6.21. The standard InChI is InChI=1S/C12H11N3OS/c1-13-12-15-14-9(7-17-12)11-6-8-4-2-3-5-10(8)16-11/h2-6H,7H2,1H3,(H,13,15). The second-order valence-electron chi connectivity index (χ2n) is 3.64. The molecule has 0 fully saturated rings. The van der Waals surface area contributed by atoms with Crippen LogP contribution in [0.5, 0.6) is 0 Å². The van der Waals surface area contributed by atoms with Crippen LogP contribution in [0.1, 0.15) is 5.76 Å². The van der Waals surface area contributed by atoms with Crippen molar-refractivity contribution in [3.05, 3.63) is 36.1 Å². The lowest BCUT2D eigenvalue weighted by atomic mass is 10.2. The maximum absolute atomic E-state index is 5.75. The summed E-state index contributed by atoms with van der Waals surface area (Å²) in [5.74, 6) is 1.60. The number of amidine groups is 1. The molecule has 2 heterocycles. The predicted octanol–water partition coefficient (Wildman–Crippen LogP) is 2.46. The van der Waals surface area contributed by atoms with Gasteiger partial charge in [-0.25, -0.2) is 0 Å². The largest absolute Gasteiger partial charge is 0.455 e. The number of fused-ring (bicyclic) bond motifs is 1. The Kier molecular flexibility index (Phi) is 2.60. The lowest BCUT2D eigenvalue weighted by molar-refractivity contribution is 0.603. The van der Waals surface area contributed by atoms with Gasteiger partial charge in [-0.15, -0.1) is 0 Å². The fourth-order valence-electron chi connectivity index (χ4n) is 1.68. The Morgan fingerprint density at radius 2 is 2.29 bits per heavy atom. The van der Waals surface area contributed by atoms with Gasteiger partial charge in [-0.1, -0.05) is 30.0 Å². The van der Waals surface area contributed by atoms with Crippen molar-refractivity contribution in [3.63, 3.8) is 0 Å². The molecule has 1 aromatic heterocycles. The van der Waals surface area contributed by atoms with Gasteiger partial charge in [0.2, 0.25) is 0 Å². The number of nitrogens with one attached hydrogen (secondary N) is 1. The zero-order valence-corrected chi connectivity index (χ0v) is 10.1. The first-order chi connectivity index (χ1) is 8.36. The number of aliphatic imine (C=N–C) groups is 1. The number of furan rings is 1. The molecule has 5 heteroatoms. The molecule has 86 valence electrons. The Morgan fingerprint density at radius 3 is 3.00 bits per heavy atom. The minimum absolute atomic E-state index is 0.777. The zero-order chi connectivity index (χ0) is 11.7. The molecule has 17 heavy (non-hydrogen) atoms. The van der Waals surface area contributed by atoms with Gasteiger partial charge < -0.3 is 4.42 Å². The van der Waals surface area contributed by atoms with Gasteiger partial charge >= 0.3 is 0 Å². The van der Waals surface area contributed by atoms with E-state index in [4.69, 9.17) is 4.42 Å². The molecular weight excluding hydrogens is 234 g/mol. The first-order valence-corrected chi connectivity index (χ1v) is 6.26. The number of hydrogen-bond acceptors (Lipinski definition) is 4. The van der Waals surface area contributed by atoms with Crippen LogP contribution in [0.4, 0.5) is 0 Å². The summed E-state index contributed by atoms with van der Waals surface area (Å²) < 4.78 is 5.75. The van der Waals surface area contributed by atoms with Crippen LogP contribution in [0.3, 0.4) is 0 Å². The summed E-state index contributed by atoms with van der Waals surface area (Å²) in [6.45, 7) is 0. The SMILES string of the molecule is CN=C1NN=C(c2cc3ccccc3o2)CS1. The Bertz CT molecular complexity index is 582. The van der Waals surface area contributed by atoms with Crippen molar-refractivity contribution >= 4 is 33.6 Å². The Morgan fingerprint density at radius 1 is 1.41 bits per heavy atom. The first kappa shape index (κ1) is 10.4. The average molecular weight is 245 g/mol.